The van der Waals surface area contributed by atoms with E-state index >= 15 is 0 Å². The summed E-state index contributed by atoms with van der Waals surface area (Å²) in [4.78, 5) is 24.3. The molecule has 0 bridgehead atoms. The van der Waals surface area contributed by atoms with Gasteiger partial charge in [-0.15, -0.1) is 0 Å². The lowest BCUT2D eigenvalue weighted by atomic mass is 9.86. The van der Waals surface area contributed by atoms with Crippen LogP contribution in [0.5, 0.6) is 0 Å². The molecule has 1 rings (SSSR count). The average Bonchev–Trinajstić information content (AvgIpc) is 2.45. The number of aromatic nitrogens is 2. The Balaban J connectivity index is 3.01. The molecule has 1 atom stereocenters. The second kappa shape index (κ2) is 3.88. The van der Waals surface area contributed by atoms with Crippen molar-refractivity contribution < 1.29 is 9.32 Å². The number of hydrogen-bond donors (Lipinski definition) is 2. The second-order valence-electron chi connectivity index (χ2n) is 4.48. The fraction of sp³-hybridized carbons (Fsp3) is 0.667. The van der Waals surface area contributed by atoms with Gasteiger partial charge in [0.25, 0.3) is 0 Å². The lowest BCUT2D eigenvalue weighted by molar-refractivity contribution is -0.120. The molecule has 0 radical (unpaired) electrons. The van der Waals surface area contributed by atoms with Gasteiger partial charge in [-0.2, -0.15) is 0 Å². The second-order valence-corrected chi connectivity index (χ2v) is 4.48. The minimum atomic E-state index is -0.621. The molecule has 1 amide bonds. The molecular formula is C9H15N3O3. The highest BCUT2D eigenvalue weighted by molar-refractivity contribution is 5.73. The molecule has 0 fully saturated rings. The smallest absolute Gasteiger partial charge is 0.346 e. The van der Waals surface area contributed by atoms with Gasteiger partial charge in [0.1, 0.15) is 0 Å². The summed E-state index contributed by atoms with van der Waals surface area (Å²) < 4.78 is 4.41. The molecule has 6 nitrogen and oxygen atoms in total. The third kappa shape index (κ3) is 2.93. The monoisotopic (exact) mass is 213 g/mol. The van der Waals surface area contributed by atoms with E-state index in [0.717, 1.165) is 0 Å². The van der Waals surface area contributed by atoms with E-state index in [0.29, 0.717) is 5.82 Å². The third-order valence-corrected chi connectivity index (χ3v) is 1.94. The van der Waals surface area contributed by atoms with Gasteiger partial charge in [0, 0.05) is 6.92 Å². The fourth-order valence-corrected chi connectivity index (χ4v) is 1.26. The van der Waals surface area contributed by atoms with E-state index in [1.165, 1.54) is 6.92 Å². The van der Waals surface area contributed by atoms with Crippen molar-refractivity contribution in [2.75, 3.05) is 0 Å². The third-order valence-electron chi connectivity index (χ3n) is 1.94. The van der Waals surface area contributed by atoms with Crippen LogP contribution in [0, 0.1) is 5.41 Å². The van der Waals surface area contributed by atoms with Gasteiger partial charge in [-0.3, -0.25) is 14.3 Å². The molecule has 0 aliphatic carbocycles. The summed E-state index contributed by atoms with van der Waals surface area (Å²) in [5.41, 5.74) is -0.258. The highest BCUT2D eigenvalue weighted by Gasteiger charge is 2.30. The Morgan fingerprint density at radius 1 is 1.53 bits per heavy atom. The molecule has 0 aromatic carbocycles. The van der Waals surface area contributed by atoms with Crippen molar-refractivity contribution >= 4 is 5.91 Å². The Kier molecular flexibility index (Phi) is 2.97. The molecule has 15 heavy (non-hydrogen) atoms. The number of rotatable bonds is 2. The lowest BCUT2D eigenvalue weighted by Crippen LogP contribution is -2.36. The zero-order chi connectivity index (χ0) is 11.6. The molecular weight excluding hydrogens is 198 g/mol. The number of hydrogen-bond acceptors (Lipinski definition) is 4. The van der Waals surface area contributed by atoms with E-state index in [1.807, 2.05) is 20.8 Å². The number of amides is 1. The van der Waals surface area contributed by atoms with Gasteiger partial charge >= 0.3 is 5.76 Å². The first-order chi connectivity index (χ1) is 6.80. The molecule has 0 aliphatic heterocycles. The SMILES string of the molecule is CC(=O)NC(c1noc(=O)[nH]1)C(C)(C)C. The predicted molar refractivity (Wildman–Crippen MR) is 53.1 cm³/mol. The van der Waals surface area contributed by atoms with Crippen LogP contribution in [0.4, 0.5) is 0 Å². The Labute approximate surface area is 87.0 Å². The first-order valence-electron chi connectivity index (χ1n) is 4.63. The molecule has 84 valence electrons. The van der Waals surface area contributed by atoms with Gasteiger partial charge < -0.3 is 5.32 Å². The number of carbonyl (C=O) groups excluding carboxylic acids is 1. The normalized spacial score (nSPS) is 13.6. The zero-order valence-electron chi connectivity index (χ0n) is 9.25. The molecule has 0 spiro atoms. The minimum Gasteiger partial charge on any atom is -0.346 e. The largest absolute Gasteiger partial charge is 0.438 e. The maximum absolute atomic E-state index is 11.0. The maximum atomic E-state index is 11.0. The van der Waals surface area contributed by atoms with Crippen LogP contribution in [-0.4, -0.2) is 16.0 Å². The van der Waals surface area contributed by atoms with E-state index in [9.17, 15) is 9.59 Å². The highest BCUT2D eigenvalue weighted by Crippen LogP contribution is 2.30. The van der Waals surface area contributed by atoms with Gasteiger partial charge in [-0.25, -0.2) is 4.79 Å². The van der Waals surface area contributed by atoms with Crippen LogP contribution in [0.3, 0.4) is 0 Å². The van der Waals surface area contributed by atoms with Gasteiger partial charge in [0.2, 0.25) is 5.91 Å². The van der Waals surface area contributed by atoms with E-state index in [4.69, 9.17) is 0 Å². The van der Waals surface area contributed by atoms with Crippen LogP contribution in [-0.2, 0) is 4.79 Å². The van der Waals surface area contributed by atoms with Crippen LogP contribution < -0.4 is 11.1 Å². The van der Waals surface area contributed by atoms with E-state index < -0.39 is 5.76 Å². The quantitative estimate of drug-likeness (QED) is 0.752. The topological polar surface area (TPSA) is 88.0 Å². The van der Waals surface area contributed by atoms with E-state index in [1.54, 1.807) is 0 Å². The van der Waals surface area contributed by atoms with Crippen molar-refractivity contribution in [3.8, 4) is 0 Å². The Bertz CT molecular complexity index is 399. The molecule has 1 aromatic heterocycles. The number of H-pyrrole nitrogens is 1. The van der Waals surface area contributed by atoms with Crippen molar-refractivity contribution in [1.29, 1.82) is 0 Å². The van der Waals surface area contributed by atoms with Crippen LogP contribution >= 0.6 is 0 Å². The van der Waals surface area contributed by atoms with Gasteiger partial charge in [0.05, 0.1) is 6.04 Å². The Hall–Kier alpha value is -1.59. The number of aromatic amines is 1. The van der Waals surface area contributed by atoms with Crippen LogP contribution in [0.25, 0.3) is 0 Å². The predicted octanol–water partition coefficient (Wildman–Crippen LogP) is 0.586. The first kappa shape index (κ1) is 11.5. The molecule has 1 aromatic rings. The molecule has 0 saturated heterocycles. The van der Waals surface area contributed by atoms with Crippen molar-refractivity contribution in [2.45, 2.75) is 33.7 Å². The van der Waals surface area contributed by atoms with Crippen molar-refractivity contribution in [2.24, 2.45) is 5.41 Å². The van der Waals surface area contributed by atoms with Crippen molar-refractivity contribution in [3.05, 3.63) is 16.4 Å². The molecule has 6 heteroatoms. The lowest BCUT2D eigenvalue weighted by Gasteiger charge is -2.28. The summed E-state index contributed by atoms with van der Waals surface area (Å²) in [6, 6.07) is -0.374. The summed E-state index contributed by atoms with van der Waals surface area (Å²) in [5, 5.41) is 6.30. The first-order valence-corrected chi connectivity index (χ1v) is 4.63. The zero-order valence-corrected chi connectivity index (χ0v) is 9.25. The van der Waals surface area contributed by atoms with E-state index in [-0.39, 0.29) is 17.4 Å². The van der Waals surface area contributed by atoms with Crippen LogP contribution in [0.1, 0.15) is 39.6 Å². The molecule has 1 heterocycles. The number of nitrogens with one attached hydrogen (secondary N) is 2. The summed E-state index contributed by atoms with van der Waals surface area (Å²) in [6.07, 6.45) is 0. The molecule has 1 unspecified atom stereocenters. The summed E-state index contributed by atoms with van der Waals surface area (Å²) in [7, 11) is 0. The standard InChI is InChI=1S/C9H15N3O3/c1-5(13)10-6(9(2,3)4)7-11-8(14)15-12-7/h6H,1-4H3,(H,10,13)(H,11,12,14). The Morgan fingerprint density at radius 2 is 2.13 bits per heavy atom. The van der Waals surface area contributed by atoms with Crippen LogP contribution in [0.15, 0.2) is 9.32 Å². The minimum absolute atomic E-state index is 0.182. The van der Waals surface area contributed by atoms with Crippen molar-refractivity contribution in [1.82, 2.24) is 15.5 Å². The van der Waals surface area contributed by atoms with Crippen LogP contribution in [0.2, 0.25) is 0 Å². The van der Waals surface area contributed by atoms with Gasteiger partial charge in [-0.1, -0.05) is 25.9 Å². The highest BCUT2D eigenvalue weighted by atomic mass is 16.5. The summed E-state index contributed by atoms with van der Waals surface area (Å²) >= 11 is 0. The van der Waals surface area contributed by atoms with Gasteiger partial charge in [0.15, 0.2) is 5.82 Å². The fourth-order valence-electron chi connectivity index (χ4n) is 1.26. The van der Waals surface area contributed by atoms with E-state index in [2.05, 4.69) is 20.0 Å². The number of nitrogens with zero attached hydrogens (tertiary/aromatic N) is 1. The van der Waals surface area contributed by atoms with Gasteiger partial charge in [-0.05, 0) is 5.41 Å². The molecule has 2 N–H and O–H groups in total. The average molecular weight is 213 g/mol. The molecule has 0 aliphatic rings. The number of carbonyl (C=O) groups is 1. The molecule has 0 saturated carbocycles. The maximum Gasteiger partial charge on any atom is 0.438 e. The summed E-state index contributed by atoms with van der Waals surface area (Å²) in [5.74, 6) is -0.467. The van der Waals surface area contributed by atoms with Crippen molar-refractivity contribution in [3.63, 3.8) is 0 Å². The Morgan fingerprint density at radius 3 is 2.47 bits per heavy atom. The summed E-state index contributed by atoms with van der Waals surface area (Å²) in [6.45, 7) is 7.21.